The fourth-order valence-corrected chi connectivity index (χ4v) is 0.879. The molecule has 70 valence electrons. The van der Waals surface area contributed by atoms with Crippen LogP contribution in [-0.2, 0) is 4.79 Å². The molecule has 1 aliphatic heterocycles. The molecule has 0 spiro atoms. The Bertz CT molecular complexity index is 154. The van der Waals surface area contributed by atoms with E-state index in [-0.39, 0.29) is 0 Å². The first-order chi connectivity index (χ1) is 5.52. The minimum atomic E-state index is -0.833. The van der Waals surface area contributed by atoms with Crippen molar-refractivity contribution < 1.29 is 9.90 Å². The van der Waals surface area contributed by atoms with Crippen LogP contribution in [0, 0.1) is 11.3 Å². The first-order valence-electron chi connectivity index (χ1n) is 4.03. The van der Waals surface area contributed by atoms with Crippen molar-refractivity contribution >= 4 is 11.8 Å². The van der Waals surface area contributed by atoms with E-state index < -0.39 is 5.97 Å². The van der Waals surface area contributed by atoms with Crippen LogP contribution in [0.4, 0.5) is 0 Å². The second kappa shape index (κ2) is 5.57. The Labute approximate surface area is 72.5 Å². The highest BCUT2D eigenvalue weighted by atomic mass is 16.4. The zero-order chi connectivity index (χ0) is 9.56. The Morgan fingerprint density at radius 1 is 1.75 bits per heavy atom. The van der Waals surface area contributed by atoms with Crippen molar-refractivity contribution in [3.8, 4) is 0 Å². The van der Waals surface area contributed by atoms with E-state index in [1.54, 1.807) is 0 Å². The molecule has 0 bridgehead atoms. The second-order valence-corrected chi connectivity index (χ2v) is 3.02. The lowest BCUT2D eigenvalue weighted by Gasteiger charge is -2.19. The predicted molar refractivity (Wildman–Crippen MR) is 47.4 cm³/mol. The lowest BCUT2D eigenvalue weighted by molar-refractivity contribution is -0.134. The van der Waals surface area contributed by atoms with Crippen LogP contribution in [0.1, 0.15) is 26.7 Å². The number of carboxylic acids is 1. The molecule has 4 heteroatoms. The average Bonchev–Trinajstić information content (AvgIpc) is 1.94. The number of hydrogen-bond acceptors (Lipinski definition) is 2. The summed E-state index contributed by atoms with van der Waals surface area (Å²) in [4.78, 5) is 9.00. The molecule has 1 unspecified atom stereocenters. The monoisotopic (exact) mass is 172 g/mol. The van der Waals surface area contributed by atoms with Crippen LogP contribution in [0.5, 0.6) is 0 Å². The maximum absolute atomic E-state index is 9.00. The molecule has 4 nitrogen and oxygen atoms in total. The summed E-state index contributed by atoms with van der Waals surface area (Å²) >= 11 is 0. The Balaban J connectivity index is 0.000000261. The number of hydrogen-bond donors (Lipinski definition) is 3. The standard InChI is InChI=1S/C6H12N2.C2H4O2/c1-5-2-3-6(7)8-4-5;1-2(3)4/h5H,2-4H2,1H3,(H2,7,8);1H3,(H,3,4). The van der Waals surface area contributed by atoms with E-state index in [4.69, 9.17) is 15.3 Å². The molecule has 0 aromatic heterocycles. The van der Waals surface area contributed by atoms with Gasteiger partial charge < -0.3 is 10.4 Å². The van der Waals surface area contributed by atoms with Crippen molar-refractivity contribution in [3.05, 3.63) is 0 Å². The summed E-state index contributed by atoms with van der Waals surface area (Å²) in [6.45, 7) is 4.29. The van der Waals surface area contributed by atoms with Crippen LogP contribution in [0.25, 0.3) is 0 Å². The number of carbonyl (C=O) groups is 1. The molecule has 0 amide bonds. The predicted octanol–water partition coefficient (Wildman–Crippen LogP) is 1.07. The van der Waals surface area contributed by atoms with E-state index in [2.05, 4.69) is 12.2 Å². The molecule has 1 rings (SSSR count). The van der Waals surface area contributed by atoms with Gasteiger partial charge in [0.1, 0.15) is 0 Å². The first kappa shape index (κ1) is 10.9. The quantitative estimate of drug-likeness (QED) is 0.511. The summed E-state index contributed by atoms with van der Waals surface area (Å²) < 4.78 is 0. The molecule has 1 aliphatic rings. The van der Waals surface area contributed by atoms with E-state index in [9.17, 15) is 0 Å². The molecule has 0 aliphatic carbocycles. The molecule has 1 saturated heterocycles. The Hall–Kier alpha value is -1.06. The van der Waals surface area contributed by atoms with Crippen LogP contribution in [-0.4, -0.2) is 23.5 Å². The van der Waals surface area contributed by atoms with Gasteiger partial charge in [-0.3, -0.25) is 10.2 Å². The highest BCUT2D eigenvalue weighted by Crippen LogP contribution is 2.08. The van der Waals surface area contributed by atoms with E-state index >= 15 is 0 Å². The average molecular weight is 172 g/mol. The molecule has 0 aromatic rings. The van der Waals surface area contributed by atoms with Crippen molar-refractivity contribution in [3.63, 3.8) is 0 Å². The van der Waals surface area contributed by atoms with Gasteiger partial charge in [-0.2, -0.15) is 0 Å². The molecular weight excluding hydrogens is 156 g/mol. The molecule has 1 atom stereocenters. The van der Waals surface area contributed by atoms with Crippen molar-refractivity contribution in [1.29, 1.82) is 5.41 Å². The zero-order valence-electron chi connectivity index (χ0n) is 7.55. The molecule has 12 heavy (non-hydrogen) atoms. The second-order valence-electron chi connectivity index (χ2n) is 3.02. The fraction of sp³-hybridized carbons (Fsp3) is 0.750. The maximum Gasteiger partial charge on any atom is 0.300 e. The number of nitrogens with one attached hydrogen (secondary N) is 2. The van der Waals surface area contributed by atoms with Crippen LogP contribution >= 0.6 is 0 Å². The largest absolute Gasteiger partial charge is 0.481 e. The van der Waals surface area contributed by atoms with Crippen LogP contribution in [0.15, 0.2) is 0 Å². The van der Waals surface area contributed by atoms with Crippen LogP contribution in [0.2, 0.25) is 0 Å². The van der Waals surface area contributed by atoms with E-state index in [1.165, 1.54) is 6.42 Å². The van der Waals surface area contributed by atoms with E-state index in [0.717, 1.165) is 25.8 Å². The Morgan fingerprint density at radius 2 is 2.25 bits per heavy atom. The van der Waals surface area contributed by atoms with Crippen molar-refractivity contribution in [1.82, 2.24) is 5.32 Å². The first-order valence-corrected chi connectivity index (χ1v) is 4.03. The van der Waals surface area contributed by atoms with Crippen molar-refractivity contribution in [2.45, 2.75) is 26.7 Å². The van der Waals surface area contributed by atoms with Gasteiger partial charge in [-0.1, -0.05) is 6.92 Å². The zero-order valence-corrected chi connectivity index (χ0v) is 7.55. The number of amidine groups is 1. The van der Waals surface area contributed by atoms with E-state index in [0.29, 0.717) is 5.84 Å². The summed E-state index contributed by atoms with van der Waals surface area (Å²) in [5.74, 6) is 0.646. The van der Waals surface area contributed by atoms with Gasteiger partial charge in [-0.25, -0.2) is 0 Å². The van der Waals surface area contributed by atoms with Crippen LogP contribution < -0.4 is 5.32 Å². The molecule has 0 radical (unpaired) electrons. The molecule has 1 heterocycles. The summed E-state index contributed by atoms with van der Waals surface area (Å²) in [6.07, 6.45) is 2.13. The normalized spacial score (nSPS) is 21.8. The molecule has 3 N–H and O–H groups in total. The lowest BCUT2D eigenvalue weighted by atomic mass is 10.0. The van der Waals surface area contributed by atoms with Gasteiger partial charge in [-0.05, 0) is 12.3 Å². The number of carboxylic acid groups (broad SMARTS) is 1. The van der Waals surface area contributed by atoms with Gasteiger partial charge in [0.05, 0.1) is 5.84 Å². The minimum Gasteiger partial charge on any atom is -0.481 e. The Kier molecular flexibility index (Phi) is 5.08. The number of piperidine rings is 1. The van der Waals surface area contributed by atoms with Gasteiger partial charge in [0.25, 0.3) is 5.97 Å². The van der Waals surface area contributed by atoms with Gasteiger partial charge in [0, 0.05) is 19.9 Å². The smallest absolute Gasteiger partial charge is 0.300 e. The van der Waals surface area contributed by atoms with Gasteiger partial charge in [0.15, 0.2) is 0 Å². The summed E-state index contributed by atoms with van der Waals surface area (Å²) in [5, 5.41) is 17.6. The van der Waals surface area contributed by atoms with E-state index in [1.807, 2.05) is 0 Å². The number of rotatable bonds is 0. The lowest BCUT2D eigenvalue weighted by Crippen LogP contribution is -2.32. The third-order valence-corrected chi connectivity index (χ3v) is 1.55. The summed E-state index contributed by atoms with van der Waals surface area (Å²) in [5.41, 5.74) is 0. The van der Waals surface area contributed by atoms with Gasteiger partial charge in [-0.15, -0.1) is 0 Å². The molecule has 0 aromatic carbocycles. The van der Waals surface area contributed by atoms with Crippen molar-refractivity contribution in [2.75, 3.05) is 6.54 Å². The Morgan fingerprint density at radius 3 is 2.50 bits per heavy atom. The third kappa shape index (κ3) is 7.05. The SMILES string of the molecule is CC(=O)O.CC1CCC(=N)NC1. The van der Waals surface area contributed by atoms with Crippen LogP contribution in [0.3, 0.4) is 0 Å². The highest BCUT2D eigenvalue weighted by Gasteiger charge is 2.09. The van der Waals surface area contributed by atoms with Gasteiger partial charge >= 0.3 is 0 Å². The van der Waals surface area contributed by atoms with Gasteiger partial charge in [0.2, 0.25) is 0 Å². The fourth-order valence-electron chi connectivity index (χ4n) is 0.879. The summed E-state index contributed by atoms with van der Waals surface area (Å²) in [6, 6.07) is 0. The molecule has 1 fully saturated rings. The topological polar surface area (TPSA) is 73.2 Å². The number of aliphatic carboxylic acids is 1. The highest BCUT2D eigenvalue weighted by molar-refractivity contribution is 5.79. The van der Waals surface area contributed by atoms with Crippen molar-refractivity contribution in [2.24, 2.45) is 5.92 Å². The minimum absolute atomic E-state index is 0.711. The maximum atomic E-state index is 9.00. The summed E-state index contributed by atoms with van der Waals surface area (Å²) in [7, 11) is 0. The third-order valence-electron chi connectivity index (χ3n) is 1.55. The molecule has 0 saturated carbocycles. The molecular formula is C8H16N2O2.